The molecule has 0 amide bonds. The first-order chi connectivity index (χ1) is 26.8. The van der Waals surface area contributed by atoms with Crippen molar-refractivity contribution in [1.82, 2.24) is 9.88 Å². The molecule has 4 heteroatoms. The van der Waals surface area contributed by atoms with E-state index >= 15 is 0 Å². The Morgan fingerprint density at radius 1 is 0.407 bits per heavy atom. The van der Waals surface area contributed by atoms with Gasteiger partial charge >= 0.3 is 0 Å². The predicted molar refractivity (Wildman–Crippen MR) is 229 cm³/mol. The van der Waals surface area contributed by atoms with Gasteiger partial charge in [0, 0.05) is 42.3 Å². The highest BCUT2D eigenvalue weighted by molar-refractivity contribution is 7.26. The molecule has 0 spiro atoms. The number of nitrogens with one attached hydrogen (secondary N) is 1. The zero-order chi connectivity index (χ0) is 35.6. The van der Waals surface area contributed by atoms with Gasteiger partial charge in [-0.25, -0.2) is 0 Å². The van der Waals surface area contributed by atoms with Crippen LogP contribution in [0.4, 0.5) is 5.69 Å². The van der Waals surface area contributed by atoms with Crippen LogP contribution in [0.15, 0.2) is 194 Å². The first-order valence-corrected chi connectivity index (χ1v) is 19.4. The summed E-state index contributed by atoms with van der Waals surface area (Å²) in [6.45, 7) is 0. The summed E-state index contributed by atoms with van der Waals surface area (Å²) in [5.41, 5.74) is 12.2. The van der Waals surface area contributed by atoms with Crippen molar-refractivity contribution in [3.8, 4) is 27.9 Å². The minimum atomic E-state index is 0.0433. The second-order valence-electron chi connectivity index (χ2n) is 14.2. The summed E-state index contributed by atoms with van der Waals surface area (Å²) in [6.07, 6.45) is 0.112. The Labute approximate surface area is 318 Å². The maximum Gasteiger partial charge on any atom is 0.109 e. The van der Waals surface area contributed by atoms with Crippen molar-refractivity contribution in [3.05, 3.63) is 205 Å². The third kappa shape index (κ3) is 4.99. The number of nitrogens with zero attached hydrogens (tertiary/aromatic N) is 2. The zero-order valence-electron chi connectivity index (χ0n) is 29.4. The van der Waals surface area contributed by atoms with E-state index in [0.29, 0.717) is 0 Å². The Bertz CT molecular complexity index is 2980. The summed E-state index contributed by atoms with van der Waals surface area (Å²) < 4.78 is 5.09. The van der Waals surface area contributed by atoms with E-state index in [1.54, 1.807) is 0 Å². The third-order valence-electron chi connectivity index (χ3n) is 11.1. The fourth-order valence-corrected chi connectivity index (χ4v) is 9.75. The van der Waals surface area contributed by atoms with E-state index in [2.05, 4.69) is 209 Å². The zero-order valence-corrected chi connectivity index (χ0v) is 30.2. The maximum atomic E-state index is 3.89. The second-order valence-corrected chi connectivity index (χ2v) is 15.2. The number of anilines is 1. The smallest absolute Gasteiger partial charge is 0.109 e. The van der Waals surface area contributed by atoms with E-state index < -0.39 is 0 Å². The number of benzene rings is 8. The van der Waals surface area contributed by atoms with Crippen molar-refractivity contribution in [1.29, 1.82) is 0 Å². The van der Waals surface area contributed by atoms with E-state index in [9.17, 15) is 0 Å². The Balaban J connectivity index is 0.992. The predicted octanol–water partition coefficient (Wildman–Crippen LogP) is 13.3. The molecule has 2 unspecified atom stereocenters. The van der Waals surface area contributed by atoms with Gasteiger partial charge in [-0.05, 0) is 88.0 Å². The maximum absolute atomic E-state index is 3.89. The topological polar surface area (TPSA) is 20.2 Å². The largest absolute Gasteiger partial charge is 0.332 e. The lowest BCUT2D eigenvalue weighted by Crippen LogP contribution is -2.57. The summed E-state index contributed by atoms with van der Waals surface area (Å²) in [6, 6.07) is 70.8. The fourth-order valence-electron chi connectivity index (χ4n) is 8.51. The normalized spacial score (nSPS) is 15.7. The molecule has 8 aromatic carbocycles. The van der Waals surface area contributed by atoms with Crippen LogP contribution >= 0.6 is 11.3 Å². The van der Waals surface area contributed by atoms with E-state index in [1.807, 2.05) is 11.3 Å². The molecule has 0 bridgehead atoms. The number of aromatic nitrogens is 1. The molecule has 1 aliphatic heterocycles. The standard InChI is InChI=1S/C50H35N3S/c1-3-13-33(14-4-1)35-17-11-18-37(31-35)50-51-49(34-15-5-2-6-16-34)53(50)39-28-26-38(27-29-39)52-45-23-9-7-19-41(45)44-32-36(25-30-46(44)52)40-21-12-22-43-42-20-8-10-24-47(42)54-48(40)43/h1-32,49-51H. The van der Waals surface area contributed by atoms with Crippen LogP contribution in [-0.4, -0.2) is 4.57 Å². The van der Waals surface area contributed by atoms with Gasteiger partial charge in [-0.15, -0.1) is 11.3 Å². The number of rotatable bonds is 6. The quantitative estimate of drug-likeness (QED) is 0.185. The first kappa shape index (κ1) is 31.1. The van der Waals surface area contributed by atoms with Crippen molar-refractivity contribution in [2.24, 2.45) is 0 Å². The fraction of sp³-hybridized carbons (Fsp3) is 0.0400. The van der Waals surface area contributed by atoms with Gasteiger partial charge in [0.1, 0.15) is 12.3 Å². The Morgan fingerprint density at radius 2 is 1.04 bits per heavy atom. The molecule has 1 N–H and O–H groups in total. The Kier molecular flexibility index (Phi) is 7.25. The van der Waals surface area contributed by atoms with Crippen molar-refractivity contribution in [2.75, 3.05) is 4.90 Å². The summed E-state index contributed by atoms with van der Waals surface area (Å²) in [5.74, 6) is 0. The van der Waals surface area contributed by atoms with Gasteiger partial charge in [0.2, 0.25) is 0 Å². The lowest BCUT2D eigenvalue weighted by molar-refractivity contribution is 0.276. The summed E-state index contributed by atoms with van der Waals surface area (Å²) in [5, 5.41) is 9.07. The molecule has 3 nitrogen and oxygen atoms in total. The van der Waals surface area contributed by atoms with E-state index in [0.717, 1.165) is 5.69 Å². The van der Waals surface area contributed by atoms with E-state index in [-0.39, 0.29) is 12.3 Å². The van der Waals surface area contributed by atoms with Gasteiger partial charge in [0.15, 0.2) is 0 Å². The van der Waals surface area contributed by atoms with Crippen LogP contribution in [0.25, 0.3) is 69.9 Å². The number of hydrogen-bond donors (Lipinski definition) is 1. The highest BCUT2D eigenvalue weighted by atomic mass is 32.1. The van der Waals surface area contributed by atoms with Gasteiger partial charge in [-0.2, -0.15) is 0 Å². The molecule has 10 aromatic rings. The minimum absolute atomic E-state index is 0.0433. The molecular formula is C50H35N3S. The molecule has 2 aromatic heterocycles. The molecule has 11 rings (SSSR count). The van der Waals surface area contributed by atoms with E-state index in [1.165, 1.54) is 81.0 Å². The van der Waals surface area contributed by atoms with Crippen LogP contribution in [-0.2, 0) is 0 Å². The lowest BCUT2D eigenvalue weighted by Gasteiger charge is -2.52. The van der Waals surface area contributed by atoms with Gasteiger partial charge < -0.3 is 9.47 Å². The molecule has 2 atom stereocenters. The molecule has 54 heavy (non-hydrogen) atoms. The highest BCUT2D eigenvalue weighted by Gasteiger charge is 2.39. The minimum Gasteiger partial charge on any atom is -0.332 e. The van der Waals surface area contributed by atoms with Gasteiger partial charge in [0.25, 0.3) is 0 Å². The monoisotopic (exact) mass is 709 g/mol. The molecule has 0 aliphatic carbocycles. The SMILES string of the molecule is c1ccc(-c2cccc(C3NC(c4ccccc4)N3c3ccc(-n4c5ccccc5c5cc(-c6cccc7c6sc6ccccc67)ccc54)cc3)c2)cc1. The van der Waals surface area contributed by atoms with Crippen molar-refractivity contribution >= 4 is 59.0 Å². The van der Waals surface area contributed by atoms with Crippen LogP contribution in [0.3, 0.4) is 0 Å². The van der Waals surface area contributed by atoms with Gasteiger partial charge in [-0.1, -0.05) is 140 Å². The average molecular weight is 710 g/mol. The van der Waals surface area contributed by atoms with Crippen LogP contribution in [0.2, 0.25) is 0 Å². The van der Waals surface area contributed by atoms with Gasteiger partial charge in [-0.3, -0.25) is 5.32 Å². The van der Waals surface area contributed by atoms with Crippen LogP contribution in [0.5, 0.6) is 0 Å². The summed E-state index contributed by atoms with van der Waals surface area (Å²) in [7, 11) is 0. The molecular weight excluding hydrogens is 675 g/mol. The van der Waals surface area contributed by atoms with Crippen LogP contribution in [0, 0.1) is 0 Å². The second kappa shape index (κ2) is 12.6. The number of fused-ring (bicyclic) bond motifs is 6. The number of hydrogen-bond acceptors (Lipinski definition) is 3. The number of thiophene rings is 1. The lowest BCUT2D eigenvalue weighted by atomic mass is 9.96. The Morgan fingerprint density at radius 3 is 1.89 bits per heavy atom. The summed E-state index contributed by atoms with van der Waals surface area (Å²) >= 11 is 1.89. The molecule has 1 saturated heterocycles. The van der Waals surface area contributed by atoms with Crippen molar-refractivity contribution in [2.45, 2.75) is 12.3 Å². The molecule has 3 heterocycles. The third-order valence-corrected chi connectivity index (χ3v) is 12.3. The molecule has 1 aliphatic rings. The van der Waals surface area contributed by atoms with Crippen LogP contribution < -0.4 is 10.2 Å². The van der Waals surface area contributed by atoms with Crippen molar-refractivity contribution < 1.29 is 0 Å². The molecule has 0 radical (unpaired) electrons. The molecule has 256 valence electrons. The van der Waals surface area contributed by atoms with Crippen molar-refractivity contribution in [3.63, 3.8) is 0 Å². The van der Waals surface area contributed by atoms with Gasteiger partial charge in [0.05, 0.1) is 11.0 Å². The van der Waals surface area contributed by atoms with E-state index in [4.69, 9.17) is 0 Å². The van der Waals surface area contributed by atoms with Crippen LogP contribution in [0.1, 0.15) is 23.5 Å². The Hall–Kier alpha value is -6.46. The average Bonchev–Trinajstić information content (AvgIpc) is 3.77. The highest BCUT2D eigenvalue weighted by Crippen LogP contribution is 2.45. The first-order valence-electron chi connectivity index (χ1n) is 18.6. The number of para-hydroxylation sites is 1. The molecule has 1 fully saturated rings. The summed E-state index contributed by atoms with van der Waals surface area (Å²) in [4.78, 5) is 2.51. The molecule has 0 saturated carbocycles.